The number of thiophene rings is 1. The van der Waals surface area contributed by atoms with Crippen molar-refractivity contribution in [1.29, 1.82) is 0 Å². The number of carbonyl (C=O) groups excluding carboxylic acids is 2. The molecule has 5 aromatic rings. The van der Waals surface area contributed by atoms with E-state index in [2.05, 4.69) is 25.9 Å². The van der Waals surface area contributed by atoms with Crippen LogP contribution in [-0.4, -0.2) is 21.9 Å². The van der Waals surface area contributed by atoms with E-state index >= 15 is 0 Å². The zero-order chi connectivity index (χ0) is 26.6. The number of aryl methyl sites for hydroxylation is 1. The molecule has 3 amide bonds. The number of rotatable bonds is 6. The second-order valence-corrected chi connectivity index (χ2v) is 9.46. The molecule has 3 heterocycles. The summed E-state index contributed by atoms with van der Waals surface area (Å²) in [5.74, 6) is -0.318. The summed E-state index contributed by atoms with van der Waals surface area (Å²) in [6.07, 6.45) is 4.81. The van der Waals surface area contributed by atoms with Gasteiger partial charge in [-0.2, -0.15) is 0 Å². The molecule has 0 spiro atoms. The van der Waals surface area contributed by atoms with Crippen LogP contribution in [0, 0.1) is 12.7 Å². The molecule has 8 nitrogen and oxygen atoms in total. The summed E-state index contributed by atoms with van der Waals surface area (Å²) in [5.41, 5.74) is 10.9. The Morgan fingerprint density at radius 1 is 1.03 bits per heavy atom. The van der Waals surface area contributed by atoms with Gasteiger partial charge in [-0.05, 0) is 59.8 Å². The molecule has 0 saturated heterocycles. The van der Waals surface area contributed by atoms with E-state index in [4.69, 9.17) is 5.73 Å². The van der Waals surface area contributed by atoms with Crippen LogP contribution in [0.3, 0.4) is 0 Å². The Morgan fingerprint density at radius 2 is 1.79 bits per heavy atom. The minimum Gasteiger partial charge on any atom is -0.383 e. The number of urea groups is 1. The largest absolute Gasteiger partial charge is 0.383 e. The maximum Gasteiger partial charge on any atom is 0.323 e. The smallest absolute Gasteiger partial charge is 0.323 e. The summed E-state index contributed by atoms with van der Waals surface area (Å²) in [5, 5.41) is 11.0. The minimum absolute atomic E-state index is 0.111. The van der Waals surface area contributed by atoms with Crippen LogP contribution >= 0.6 is 11.3 Å². The Labute approximate surface area is 221 Å². The van der Waals surface area contributed by atoms with Gasteiger partial charge in [-0.3, -0.25) is 9.78 Å². The maximum absolute atomic E-state index is 14.0. The number of nitrogens with one attached hydrogen (secondary N) is 3. The van der Waals surface area contributed by atoms with Crippen LogP contribution in [0.25, 0.3) is 21.2 Å². The van der Waals surface area contributed by atoms with Crippen molar-refractivity contribution >= 4 is 50.6 Å². The molecular formula is C28H23FN6O2S. The van der Waals surface area contributed by atoms with Gasteiger partial charge >= 0.3 is 6.03 Å². The maximum atomic E-state index is 14.0. The number of aromatic nitrogens is 2. The van der Waals surface area contributed by atoms with E-state index in [0.717, 1.165) is 32.3 Å². The number of anilines is 3. The Balaban J connectivity index is 1.31. The Bertz CT molecular complexity index is 1640. The fraction of sp³-hybridized carbons (Fsp3) is 0.0714. The number of fused-ring (bicyclic) bond motifs is 1. The van der Waals surface area contributed by atoms with Crippen LogP contribution in [0.2, 0.25) is 0 Å². The second-order valence-electron chi connectivity index (χ2n) is 8.58. The SMILES string of the molecule is Cc1ccc(F)c(NC(=O)Nc2ccc(-c3csc4c(CNC(=O)c5ccncc5)cnc(N)c34)cc2)c1. The highest BCUT2D eigenvalue weighted by molar-refractivity contribution is 7.18. The normalized spacial score (nSPS) is 10.8. The van der Waals surface area contributed by atoms with E-state index in [9.17, 15) is 14.0 Å². The van der Waals surface area contributed by atoms with Crippen molar-refractivity contribution in [3.63, 3.8) is 0 Å². The van der Waals surface area contributed by atoms with Gasteiger partial charge in [0.05, 0.1) is 5.69 Å². The highest BCUT2D eigenvalue weighted by Gasteiger charge is 2.15. The summed E-state index contributed by atoms with van der Waals surface area (Å²) in [6.45, 7) is 2.11. The summed E-state index contributed by atoms with van der Waals surface area (Å²) >= 11 is 1.52. The molecule has 0 aliphatic heterocycles. The average molecular weight is 527 g/mol. The summed E-state index contributed by atoms with van der Waals surface area (Å²) < 4.78 is 14.9. The monoisotopic (exact) mass is 526 g/mol. The average Bonchev–Trinajstić information content (AvgIpc) is 3.37. The Morgan fingerprint density at radius 3 is 2.55 bits per heavy atom. The van der Waals surface area contributed by atoms with E-state index in [-0.39, 0.29) is 11.6 Å². The van der Waals surface area contributed by atoms with Crippen LogP contribution in [0.15, 0.2) is 78.6 Å². The molecule has 0 atom stereocenters. The van der Waals surface area contributed by atoms with Gasteiger partial charge in [0.1, 0.15) is 11.6 Å². The van der Waals surface area contributed by atoms with Crippen molar-refractivity contribution in [2.24, 2.45) is 0 Å². The Hall–Kier alpha value is -4.83. The molecule has 0 aliphatic rings. The first-order valence-electron chi connectivity index (χ1n) is 11.7. The molecular weight excluding hydrogens is 503 g/mol. The molecule has 0 unspecified atom stereocenters. The molecule has 0 radical (unpaired) electrons. The summed E-state index contributed by atoms with van der Waals surface area (Å²) in [4.78, 5) is 33.1. The first-order chi connectivity index (χ1) is 18.4. The van der Waals surface area contributed by atoms with Gasteiger partial charge in [0.2, 0.25) is 0 Å². The number of halogens is 1. The fourth-order valence-corrected chi connectivity index (χ4v) is 5.09. The Kier molecular flexibility index (Phi) is 6.96. The first kappa shape index (κ1) is 24.8. The third-order valence-electron chi connectivity index (χ3n) is 5.90. The molecule has 10 heteroatoms. The highest BCUT2D eigenvalue weighted by Crippen LogP contribution is 2.38. The van der Waals surface area contributed by atoms with Crippen molar-refractivity contribution in [1.82, 2.24) is 15.3 Å². The van der Waals surface area contributed by atoms with Gasteiger partial charge in [-0.25, -0.2) is 14.2 Å². The van der Waals surface area contributed by atoms with Crippen LogP contribution < -0.4 is 21.7 Å². The number of nitrogen functional groups attached to an aromatic ring is 1. The van der Waals surface area contributed by atoms with Gasteiger partial charge < -0.3 is 21.7 Å². The molecule has 38 heavy (non-hydrogen) atoms. The van der Waals surface area contributed by atoms with Gasteiger partial charge in [-0.1, -0.05) is 18.2 Å². The lowest BCUT2D eigenvalue weighted by molar-refractivity contribution is 0.0951. The molecule has 0 aliphatic carbocycles. The number of pyridine rings is 2. The number of hydrogen-bond donors (Lipinski definition) is 4. The van der Waals surface area contributed by atoms with E-state index in [1.807, 2.05) is 24.4 Å². The minimum atomic E-state index is -0.546. The number of hydrogen-bond acceptors (Lipinski definition) is 6. The van der Waals surface area contributed by atoms with Crippen molar-refractivity contribution in [2.75, 3.05) is 16.4 Å². The second kappa shape index (κ2) is 10.7. The van der Waals surface area contributed by atoms with Crippen LogP contribution in [-0.2, 0) is 6.54 Å². The molecule has 5 N–H and O–H groups in total. The fourth-order valence-electron chi connectivity index (χ4n) is 3.99. The molecule has 2 aromatic carbocycles. The number of nitrogens with zero attached hydrogens (tertiary/aromatic N) is 2. The van der Waals surface area contributed by atoms with Crippen LogP contribution in [0.4, 0.5) is 26.4 Å². The lowest BCUT2D eigenvalue weighted by Crippen LogP contribution is -2.22. The van der Waals surface area contributed by atoms with E-state index < -0.39 is 11.8 Å². The van der Waals surface area contributed by atoms with Gasteiger partial charge in [0, 0.05) is 57.6 Å². The number of carbonyl (C=O) groups is 2. The third kappa shape index (κ3) is 5.30. The van der Waals surface area contributed by atoms with Gasteiger partial charge in [0.15, 0.2) is 0 Å². The van der Waals surface area contributed by atoms with E-state index in [1.54, 1.807) is 55.0 Å². The predicted octanol–water partition coefficient (Wildman–Crippen LogP) is 5.96. The van der Waals surface area contributed by atoms with Crippen molar-refractivity contribution in [3.05, 3.63) is 101 Å². The zero-order valence-corrected chi connectivity index (χ0v) is 21.1. The number of nitrogens with two attached hydrogens (primary N) is 1. The number of benzene rings is 2. The molecule has 0 saturated carbocycles. The molecule has 190 valence electrons. The lowest BCUT2D eigenvalue weighted by Gasteiger charge is -2.10. The molecule has 0 fully saturated rings. The molecule has 3 aromatic heterocycles. The molecule has 0 bridgehead atoms. The topological polar surface area (TPSA) is 122 Å². The zero-order valence-electron chi connectivity index (χ0n) is 20.3. The summed E-state index contributed by atoms with van der Waals surface area (Å²) in [6, 6.07) is 14.5. The van der Waals surface area contributed by atoms with Crippen LogP contribution in [0.5, 0.6) is 0 Å². The number of amides is 3. The van der Waals surface area contributed by atoms with Crippen molar-refractivity contribution < 1.29 is 14.0 Å². The quantitative estimate of drug-likeness (QED) is 0.217. The standard InChI is InChI=1S/C28H23FN6O2S/c1-16-2-7-22(29)23(12-16)35-28(37)34-20-5-3-17(4-6-20)21-15-38-25-19(13-32-26(30)24(21)25)14-33-27(36)18-8-10-31-11-9-18/h2-13,15H,14H2,1H3,(H2,30,32)(H,33,36)(H2,34,35,37). The van der Waals surface area contributed by atoms with E-state index in [0.29, 0.717) is 23.6 Å². The molecule has 5 rings (SSSR count). The van der Waals surface area contributed by atoms with Gasteiger partial charge in [-0.15, -0.1) is 11.3 Å². The third-order valence-corrected chi connectivity index (χ3v) is 6.96. The van der Waals surface area contributed by atoms with Crippen molar-refractivity contribution in [3.8, 4) is 11.1 Å². The van der Waals surface area contributed by atoms with Crippen LogP contribution in [0.1, 0.15) is 21.5 Å². The van der Waals surface area contributed by atoms with E-state index in [1.165, 1.54) is 17.4 Å². The predicted molar refractivity (Wildman–Crippen MR) is 149 cm³/mol. The van der Waals surface area contributed by atoms with Gasteiger partial charge in [0.25, 0.3) is 5.91 Å². The first-order valence-corrected chi connectivity index (χ1v) is 12.5. The van der Waals surface area contributed by atoms with Crippen molar-refractivity contribution in [2.45, 2.75) is 13.5 Å². The highest BCUT2D eigenvalue weighted by atomic mass is 32.1. The summed E-state index contributed by atoms with van der Waals surface area (Å²) in [7, 11) is 0. The lowest BCUT2D eigenvalue weighted by atomic mass is 10.0.